The molecule has 1 unspecified atom stereocenters. The van der Waals surface area contributed by atoms with E-state index in [-0.39, 0.29) is 5.91 Å². The summed E-state index contributed by atoms with van der Waals surface area (Å²) in [7, 11) is 0. The van der Waals surface area contributed by atoms with Crippen LogP contribution in [0.3, 0.4) is 0 Å². The van der Waals surface area contributed by atoms with E-state index >= 15 is 0 Å². The highest BCUT2D eigenvalue weighted by Crippen LogP contribution is 2.39. The maximum absolute atomic E-state index is 11.7. The number of nitrogens with zero attached hydrogens (tertiary/aromatic N) is 1. The predicted molar refractivity (Wildman–Crippen MR) is 86.8 cm³/mol. The molecule has 7 heteroatoms. The molecular formula is C14H15N3O2S2. The maximum atomic E-state index is 11.7. The Morgan fingerprint density at radius 2 is 2.38 bits per heavy atom. The Bertz CT molecular complexity index is 809. The highest BCUT2D eigenvalue weighted by molar-refractivity contribution is 7.21. The molecule has 3 rings (SSSR count). The number of nitrogens with one attached hydrogen (secondary N) is 1. The first-order valence-corrected chi connectivity index (χ1v) is 8.28. The van der Waals surface area contributed by atoms with Crippen LogP contribution in [0.5, 0.6) is 5.75 Å². The summed E-state index contributed by atoms with van der Waals surface area (Å²) in [5, 5.41) is 4.01. The van der Waals surface area contributed by atoms with Gasteiger partial charge in [-0.1, -0.05) is 6.92 Å². The van der Waals surface area contributed by atoms with Gasteiger partial charge in [0.25, 0.3) is 5.91 Å². The van der Waals surface area contributed by atoms with Crippen molar-refractivity contribution in [1.82, 2.24) is 10.4 Å². The number of amides is 1. The molecule has 0 aliphatic heterocycles. The standard InChI is InChI=1S/C14H15N3O2S2/c1-3-9(14(18)17-15)19-10-6-11-12(16-7(2)21-11)13-8(10)4-5-20-13/h4-6,9H,3,15H2,1-2H3,(H,17,18). The lowest BCUT2D eigenvalue weighted by Gasteiger charge is -2.16. The van der Waals surface area contributed by atoms with E-state index in [4.69, 9.17) is 10.6 Å². The molecule has 0 spiro atoms. The molecule has 21 heavy (non-hydrogen) atoms. The number of aryl methyl sites for hydroxylation is 1. The second-order valence-corrected chi connectivity index (χ2v) is 6.79. The fourth-order valence-electron chi connectivity index (χ4n) is 2.25. The second kappa shape index (κ2) is 5.59. The summed E-state index contributed by atoms with van der Waals surface area (Å²) in [4.78, 5) is 16.3. The van der Waals surface area contributed by atoms with Gasteiger partial charge in [0, 0.05) is 11.5 Å². The molecule has 0 aliphatic carbocycles. The number of carbonyl (C=O) groups is 1. The Kier molecular flexibility index (Phi) is 3.79. The quantitative estimate of drug-likeness (QED) is 0.440. The number of carbonyl (C=O) groups excluding carboxylic acids is 1. The molecule has 1 aromatic carbocycles. The molecular weight excluding hydrogens is 306 g/mol. The van der Waals surface area contributed by atoms with Crippen molar-refractivity contribution in [1.29, 1.82) is 0 Å². The second-order valence-electron chi connectivity index (χ2n) is 4.64. The van der Waals surface area contributed by atoms with Crippen LogP contribution in [0.2, 0.25) is 0 Å². The number of ether oxygens (including phenoxy) is 1. The summed E-state index contributed by atoms with van der Waals surface area (Å²) in [5.74, 6) is 5.59. The van der Waals surface area contributed by atoms with Crippen molar-refractivity contribution in [2.45, 2.75) is 26.4 Å². The maximum Gasteiger partial charge on any atom is 0.274 e. The number of thiophene rings is 1. The van der Waals surface area contributed by atoms with Crippen LogP contribution in [0.15, 0.2) is 17.5 Å². The van der Waals surface area contributed by atoms with Crippen LogP contribution in [-0.4, -0.2) is 17.0 Å². The third-order valence-electron chi connectivity index (χ3n) is 3.24. The summed E-state index contributed by atoms with van der Waals surface area (Å²) in [5.41, 5.74) is 3.15. The largest absolute Gasteiger partial charge is 0.480 e. The zero-order valence-electron chi connectivity index (χ0n) is 11.7. The van der Waals surface area contributed by atoms with Gasteiger partial charge >= 0.3 is 0 Å². The third-order valence-corrected chi connectivity index (χ3v) is 5.08. The molecule has 1 atom stereocenters. The molecule has 0 bridgehead atoms. The van der Waals surface area contributed by atoms with Gasteiger partial charge in [-0.15, -0.1) is 22.7 Å². The Morgan fingerprint density at radius 3 is 3.10 bits per heavy atom. The van der Waals surface area contributed by atoms with Crippen molar-refractivity contribution in [2.24, 2.45) is 5.84 Å². The smallest absolute Gasteiger partial charge is 0.274 e. The predicted octanol–water partition coefficient (Wildman–Crippen LogP) is 2.97. The molecule has 2 heterocycles. The third kappa shape index (κ3) is 2.48. The minimum atomic E-state index is -0.593. The summed E-state index contributed by atoms with van der Waals surface area (Å²) in [6, 6.07) is 3.96. The van der Waals surface area contributed by atoms with Crippen molar-refractivity contribution < 1.29 is 9.53 Å². The zero-order valence-corrected chi connectivity index (χ0v) is 13.3. The van der Waals surface area contributed by atoms with Crippen LogP contribution in [0, 0.1) is 6.92 Å². The van der Waals surface area contributed by atoms with Crippen LogP contribution < -0.4 is 16.0 Å². The summed E-state index contributed by atoms with van der Waals surface area (Å²) < 4.78 is 8.06. The summed E-state index contributed by atoms with van der Waals surface area (Å²) >= 11 is 3.26. The van der Waals surface area contributed by atoms with Gasteiger partial charge in [-0.3, -0.25) is 10.2 Å². The topological polar surface area (TPSA) is 77.2 Å². The molecule has 0 saturated heterocycles. The van der Waals surface area contributed by atoms with Crippen LogP contribution in [-0.2, 0) is 4.79 Å². The number of hydrazine groups is 1. The van der Waals surface area contributed by atoms with Crippen molar-refractivity contribution >= 4 is 48.9 Å². The van der Waals surface area contributed by atoms with E-state index in [1.165, 1.54) is 0 Å². The molecule has 3 aromatic rings. The van der Waals surface area contributed by atoms with E-state index in [1.54, 1.807) is 22.7 Å². The van der Waals surface area contributed by atoms with E-state index in [9.17, 15) is 4.79 Å². The van der Waals surface area contributed by atoms with Gasteiger partial charge in [-0.25, -0.2) is 10.8 Å². The van der Waals surface area contributed by atoms with Crippen LogP contribution in [0.25, 0.3) is 20.3 Å². The molecule has 1 amide bonds. The number of rotatable bonds is 4. The minimum Gasteiger partial charge on any atom is -0.480 e. The fraction of sp³-hybridized carbons (Fsp3) is 0.286. The molecule has 110 valence electrons. The normalized spacial score (nSPS) is 12.7. The molecule has 0 fully saturated rings. The number of aromatic nitrogens is 1. The number of hydrogen-bond donors (Lipinski definition) is 2. The Balaban J connectivity index is 2.11. The number of hydrogen-bond acceptors (Lipinski definition) is 6. The Morgan fingerprint density at radius 1 is 1.57 bits per heavy atom. The monoisotopic (exact) mass is 321 g/mol. The van der Waals surface area contributed by atoms with Gasteiger partial charge in [0.15, 0.2) is 6.10 Å². The zero-order chi connectivity index (χ0) is 15.0. The molecule has 3 N–H and O–H groups in total. The van der Waals surface area contributed by atoms with Crippen molar-refractivity contribution in [3.05, 3.63) is 22.5 Å². The first-order chi connectivity index (χ1) is 10.1. The first-order valence-electron chi connectivity index (χ1n) is 6.58. The average molecular weight is 321 g/mol. The van der Waals surface area contributed by atoms with Gasteiger partial charge in [0.1, 0.15) is 5.75 Å². The highest BCUT2D eigenvalue weighted by Gasteiger charge is 2.20. The van der Waals surface area contributed by atoms with Crippen LogP contribution in [0.4, 0.5) is 0 Å². The van der Waals surface area contributed by atoms with Crippen molar-refractivity contribution in [3.63, 3.8) is 0 Å². The van der Waals surface area contributed by atoms with Gasteiger partial charge < -0.3 is 4.74 Å². The lowest BCUT2D eigenvalue weighted by Crippen LogP contribution is -2.41. The van der Waals surface area contributed by atoms with Gasteiger partial charge in [-0.05, 0) is 24.8 Å². The Hall–Kier alpha value is -1.70. The lowest BCUT2D eigenvalue weighted by atomic mass is 10.2. The van der Waals surface area contributed by atoms with E-state index in [1.807, 2.05) is 31.4 Å². The molecule has 2 aromatic heterocycles. The fourth-order valence-corrected chi connectivity index (χ4v) is 4.09. The van der Waals surface area contributed by atoms with Crippen LogP contribution >= 0.6 is 22.7 Å². The van der Waals surface area contributed by atoms with E-state index in [0.29, 0.717) is 12.2 Å². The lowest BCUT2D eigenvalue weighted by molar-refractivity contribution is -0.128. The highest BCUT2D eigenvalue weighted by atomic mass is 32.1. The number of thiazole rings is 1. The number of fused-ring (bicyclic) bond motifs is 3. The van der Waals surface area contributed by atoms with Gasteiger partial charge in [0.05, 0.1) is 19.9 Å². The van der Waals surface area contributed by atoms with Crippen molar-refractivity contribution in [3.8, 4) is 5.75 Å². The van der Waals surface area contributed by atoms with Gasteiger partial charge in [0.2, 0.25) is 0 Å². The van der Waals surface area contributed by atoms with E-state index in [2.05, 4.69) is 10.4 Å². The molecule has 0 radical (unpaired) electrons. The SMILES string of the molecule is CCC(Oc1cc2sc(C)nc2c2sccc12)C(=O)NN. The van der Waals surface area contributed by atoms with E-state index in [0.717, 1.165) is 25.3 Å². The molecule has 0 aliphatic rings. The average Bonchev–Trinajstić information content (AvgIpc) is 3.08. The van der Waals surface area contributed by atoms with Crippen molar-refractivity contribution in [2.75, 3.05) is 0 Å². The molecule has 5 nitrogen and oxygen atoms in total. The summed E-state index contributed by atoms with van der Waals surface area (Å²) in [6.45, 7) is 3.88. The van der Waals surface area contributed by atoms with Crippen LogP contribution in [0.1, 0.15) is 18.4 Å². The first kappa shape index (κ1) is 14.2. The molecule has 0 saturated carbocycles. The van der Waals surface area contributed by atoms with E-state index < -0.39 is 6.10 Å². The Labute approximate surface area is 129 Å². The number of nitrogens with two attached hydrogens (primary N) is 1. The van der Waals surface area contributed by atoms with Gasteiger partial charge in [-0.2, -0.15) is 0 Å². The summed E-state index contributed by atoms with van der Waals surface area (Å²) in [6.07, 6.45) is -0.0430. The number of benzene rings is 1. The minimum absolute atomic E-state index is 0.318.